The van der Waals surface area contributed by atoms with Crippen LogP contribution in [0.5, 0.6) is 0 Å². The Labute approximate surface area is 357 Å². The van der Waals surface area contributed by atoms with E-state index in [4.69, 9.17) is 19.6 Å². The van der Waals surface area contributed by atoms with E-state index in [1.807, 2.05) is 0 Å². The third-order valence-electron chi connectivity index (χ3n) is 22.4. The quantitative estimate of drug-likeness (QED) is 0.206. The maximum atomic E-state index is 6.62. The summed E-state index contributed by atoms with van der Waals surface area (Å²) in [5.41, 5.74) is 1.87. The smallest absolute Gasteiger partial charge is 0.195 e. The van der Waals surface area contributed by atoms with Gasteiger partial charge in [-0.3, -0.25) is 0 Å². The van der Waals surface area contributed by atoms with Crippen LogP contribution < -0.4 is 0 Å². The van der Waals surface area contributed by atoms with Crippen LogP contribution in [0.1, 0.15) is 223 Å². The maximum Gasteiger partial charge on any atom is 0.234 e. The number of fused-ring (bicyclic) bond motifs is 10. The normalized spacial score (nSPS) is 52.1. The molecule has 8 saturated carbocycles. The SMILES string of the molecule is CC(C)CCC[C@@H](C)[C@H]1CC[C@H]2[C@@H]3CC[C@H]4CC5(CC[C@]4(C)[C@H]3CC[C@]12C)OOC1(CC[C@@]2(C)[C@@H](CC[C@@H]3[C@@H]2CC[C@]2(C)[C@@H]([C@H](C)CCCC(C)C)CC[C@@H]32)C1)OO5. The van der Waals surface area contributed by atoms with E-state index < -0.39 is 11.6 Å². The second-order valence-corrected chi connectivity index (χ2v) is 25.9. The lowest BCUT2D eigenvalue weighted by Crippen LogP contribution is -2.61. The molecule has 0 aromatic heterocycles. The van der Waals surface area contributed by atoms with Crippen LogP contribution in [0.25, 0.3) is 0 Å². The number of rotatable bonds is 10. The monoisotopic (exact) mass is 805 g/mol. The van der Waals surface area contributed by atoms with Crippen molar-refractivity contribution >= 4 is 0 Å². The lowest BCUT2D eigenvalue weighted by atomic mass is 9.44. The van der Waals surface area contributed by atoms with E-state index in [2.05, 4.69) is 69.2 Å². The highest BCUT2D eigenvalue weighted by molar-refractivity contribution is 5.12. The van der Waals surface area contributed by atoms with Gasteiger partial charge in [0.15, 0.2) is 0 Å². The van der Waals surface area contributed by atoms with Crippen molar-refractivity contribution in [1.82, 2.24) is 0 Å². The summed E-state index contributed by atoms with van der Waals surface area (Å²) in [6.45, 7) is 25.7. The van der Waals surface area contributed by atoms with Gasteiger partial charge >= 0.3 is 0 Å². The molecule has 9 aliphatic rings. The minimum atomic E-state index is -0.730. The summed E-state index contributed by atoms with van der Waals surface area (Å²) in [6, 6.07) is 0. The Morgan fingerprint density at radius 2 is 0.776 bits per heavy atom. The summed E-state index contributed by atoms with van der Waals surface area (Å²) < 4.78 is 0. The average Bonchev–Trinajstić information content (AvgIpc) is 3.73. The Morgan fingerprint density at radius 1 is 0.397 bits per heavy atom. The van der Waals surface area contributed by atoms with E-state index in [9.17, 15) is 0 Å². The number of hydrogen-bond acceptors (Lipinski definition) is 4. The summed E-state index contributed by atoms with van der Waals surface area (Å²) in [6.07, 6.45) is 31.7. The lowest BCUT2D eigenvalue weighted by molar-refractivity contribution is -0.667. The fraction of sp³-hybridized carbons (Fsp3) is 1.00. The van der Waals surface area contributed by atoms with Crippen molar-refractivity contribution in [3.05, 3.63) is 0 Å². The zero-order valence-corrected chi connectivity index (χ0v) is 39.7. The summed E-state index contributed by atoms with van der Waals surface area (Å²) >= 11 is 0. The molecule has 0 amide bonds. The highest BCUT2D eigenvalue weighted by Crippen LogP contribution is 2.72. The minimum Gasteiger partial charge on any atom is -0.195 e. The molecule has 9 rings (SSSR count). The van der Waals surface area contributed by atoms with Crippen molar-refractivity contribution in [3.63, 3.8) is 0 Å². The van der Waals surface area contributed by atoms with Crippen molar-refractivity contribution in [2.75, 3.05) is 0 Å². The van der Waals surface area contributed by atoms with E-state index in [-0.39, 0.29) is 0 Å². The van der Waals surface area contributed by atoms with Gasteiger partial charge in [0.25, 0.3) is 0 Å². The Morgan fingerprint density at radius 3 is 1.16 bits per heavy atom. The van der Waals surface area contributed by atoms with Gasteiger partial charge in [-0.15, -0.1) is 0 Å². The molecule has 1 aliphatic heterocycles. The predicted octanol–water partition coefficient (Wildman–Crippen LogP) is 15.5. The lowest BCUT2D eigenvalue weighted by Gasteiger charge is -2.63. The third-order valence-corrected chi connectivity index (χ3v) is 22.4. The minimum absolute atomic E-state index is 0.380. The first kappa shape index (κ1) is 43.1. The van der Waals surface area contributed by atoms with E-state index in [1.165, 1.54) is 128 Å². The molecule has 2 spiro atoms. The molecule has 1 heterocycles. The van der Waals surface area contributed by atoms with Crippen molar-refractivity contribution in [2.45, 2.75) is 235 Å². The van der Waals surface area contributed by atoms with Crippen LogP contribution in [0, 0.1) is 105 Å². The summed E-state index contributed by atoms with van der Waals surface area (Å²) in [5, 5.41) is 0. The van der Waals surface area contributed by atoms with E-state index in [0.29, 0.717) is 33.5 Å². The zero-order valence-electron chi connectivity index (χ0n) is 39.7. The zero-order chi connectivity index (χ0) is 40.9. The van der Waals surface area contributed by atoms with E-state index >= 15 is 0 Å². The summed E-state index contributed by atoms with van der Waals surface area (Å²) in [7, 11) is 0. The Balaban J connectivity index is 0.795. The molecule has 9 fully saturated rings. The highest BCUT2D eigenvalue weighted by atomic mass is 17.4. The molecule has 0 unspecified atom stereocenters. The van der Waals surface area contributed by atoms with Crippen LogP contribution in [0.15, 0.2) is 0 Å². The highest BCUT2D eigenvalue weighted by Gasteiger charge is 2.66. The molecule has 332 valence electrons. The summed E-state index contributed by atoms with van der Waals surface area (Å²) in [4.78, 5) is 26.5. The van der Waals surface area contributed by atoms with Crippen LogP contribution in [0.3, 0.4) is 0 Å². The maximum absolute atomic E-state index is 6.62. The molecule has 0 N–H and O–H groups in total. The first-order valence-electron chi connectivity index (χ1n) is 26.3. The molecule has 1 saturated heterocycles. The van der Waals surface area contributed by atoms with Gasteiger partial charge in [-0.2, -0.15) is 19.6 Å². The largest absolute Gasteiger partial charge is 0.234 e. The van der Waals surface area contributed by atoms with Gasteiger partial charge in [0.2, 0.25) is 11.6 Å². The molecular weight excluding hydrogens is 713 g/mol. The second kappa shape index (κ2) is 15.8. The standard InChI is InChI=1S/C54H92O4/c1-35(2)13-11-15-37(5)43-21-23-45-41-19-17-39-33-53(31-29-49(39,7)47(41)25-27-51(43,45)9)55-57-54(58-56-53)32-30-50(8)40(34-54)18-20-42-46-24-22-44(38(6)16-12-14-36(3)4)52(46,10)28-26-48(42)50/h35-48H,11-34H2,1-10H3/t37-,38-,39+,40+,41+,42+,43-,44-,45+,46+,47+,48+,49+,50+,51-,52-,53?,54?/m1/s1. The summed E-state index contributed by atoms with van der Waals surface area (Å²) in [5.74, 6) is 10.5. The van der Waals surface area contributed by atoms with Crippen molar-refractivity contribution in [2.24, 2.45) is 105 Å². The molecule has 58 heavy (non-hydrogen) atoms. The van der Waals surface area contributed by atoms with Gasteiger partial charge in [-0.1, -0.05) is 108 Å². The van der Waals surface area contributed by atoms with Gasteiger partial charge < -0.3 is 0 Å². The molecule has 16 atom stereocenters. The Hall–Kier alpha value is -0.160. The fourth-order valence-electron chi connectivity index (χ4n) is 19.1. The fourth-order valence-corrected chi connectivity index (χ4v) is 19.1. The molecule has 0 aromatic rings. The van der Waals surface area contributed by atoms with Crippen LogP contribution in [-0.4, -0.2) is 11.6 Å². The molecular formula is C54H92O4. The molecule has 0 aromatic carbocycles. The van der Waals surface area contributed by atoms with Gasteiger partial charge in [0.05, 0.1) is 0 Å². The first-order valence-corrected chi connectivity index (χ1v) is 26.3. The van der Waals surface area contributed by atoms with Gasteiger partial charge in [-0.05, 0) is 194 Å². The Kier molecular flexibility index (Phi) is 11.8. The average molecular weight is 805 g/mol. The van der Waals surface area contributed by atoms with Gasteiger partial charge in [0.1, 0.15) is 0 Å². The first-order chi connectivity index (χ1) is 27.5. The van der Waals surface area contributed by atoms with E-state index in [0.717, 1.165) is 96.7 Å². The van der Waals surface area contributed by atoms with Gasteiger partial charge in [0, 0.05) is 25.7 Å². The predicted molar refractivity (Wildman–Crippen MR) is 236 cm³/mol. The van der Waals surface area contributed by atoms with Crippen LogP contribution in [0.4, 0.5) is 0 Å². The van der Waals surface area contributed by atoms with E-state index in [1.54, 1.807) is 0 Å². The third kappa shape index (κ3) is 7.10. The van der Waals surface area contributed by atoms with Crippen molar-refractivity contribution < 1.29 is 19.6 Å². The number of hydrogen-bond donors (Lipinski definition) is 0. The van der Waals surface area contributed by atoms with Crippen LogP contribution >= 0.6 is 0 Å². The Bertz CT molecular complexity index is 1330. The van der Waals surface area contributed by atoms with Crippen LogP contribution in [0.2, 0.25) is 0 Å². The topological polar surface area (TPSA) is 36.9 Å². The van der Waals surface area contributed by atoms with Crippen LogP contribution in [-0.2, 0) is 19.6 Å². The van der Waals surface area contributed by atoms with Gasteiger partial charge in [-0.25, -0.2) is 0 Å². The second-order valence-electron chi connectivity index (χ2n) is 25.9. The molecule has 0 radical (unpaired) electrons. The molecule has 8 aliphatic carbocycles. The molecule has 0 bridgehead atoms. The van der Waals surface area contributed by atoms with Crippen molar-refractivity contribution in [3.8, 4) is 0 Å². The van der Waals surface area contributed by atoms with Crippen molar-refractivity contribution in [1.29, 1.82) is 0 Å². The molecule has 4 heteroatoms. The molecule has 4 nitrogen and oxygen atoms in total.